The monoisotopic (exact) mass is 302 g/mol. The molecule has 1 amide bonds. The van der Waals surface area contributed by atoms with Crippen LogP contribution < -0.4 is 10.1 Å². The number of anilines is 1. The molecule has 0 fully saturated rings. The molecule has 0 saturated carbocycles. The Balaban J connectivity index is 1.91. The molecule has 0 unspecified atom stereocenters. The Kier molecular flexibility index (Phi) is 3.50. The lowest BCUT2D eigenvalue weighted by molar-refractivity contribution is 0.0998. The topological polar surface area (TPSA) is 64.4 Å². The summed E-state index contributed by atoms with van der Waals surface area (Å²) in [5.41, 5.74) is 1.66. The number of pyridine rings is 1. The van der Waals surface area contributed by atoms with E-state index in [0.717, 1.165) is 0 Å². The van der Waals surface area contributed by atoms with E-state index < -0.39 is 5.91 Å². The normalized spacial score (nSPS) is 10.6. The summed E-state index contributed by atoms with van der Waals surface area (Å²) in [6.45, 7) is 0. The zero-order valence-corrected chi connectivity index (χ0v) is 11.8. The third kappa shape index (κ3) is 2.68. The van der Waals surface area contributed by atoms with Crippen molar-refractivity contribution in [2.75, 3.05) is 12.4 Å². The lowest BCUT2D eigenvalue weighted by Gasteiger charge is -2.09. The number of carbonyl (C=O) groups is 1. The first-order chi connectivity index (χ1) is 10.2. The van der Waals surface area contributed by atoms with Gasteiger partial charge in [0.15, 0.2) is 11.3 Å². The molecule has 106 valence electrons. The molecule has 21 heavy (non-hydrogen) atoms. The molecule has 0 aliphatic heterocycles. The summed E-state index contributed by atoms with van der Waals surface area (Å²) in [7, 11) is 1.52. The van der Waals surface area contributed by atoms with Gasteiger partial charge in [0, 0.05) is 17.3 Å². The van der Waals surface area contributed by atoms with Gasteiger partial charge in [0.1, 0.15) is 11.3 Å². The summed E-state index contributed by atoms with van der Waals surface area (Å²) in [5, 5.41) is 3.21. The number of hydrogen-bond acceptors (Lipinski definition) is 4. The fraction of sp³-hybridized carbons (Fsp3) is 0.0667. The summed E-state index contributed by atoms with van der Waals surface area (Å²) in [4.78, 5) is 16.4. The van der Waals surface area contributed by atoms with Crippen LogP contribution in [0.2, 0.25) is 5.02 Å². The van der Waals surface area contributed by atoms with Crippen molar-refractivity contribution in [3.8, 4) is 5.75 Å². The molecule has 0 spiro atoms. The summed E-state index contributed by atoms with van der Waals surface area (Å²) in [5.74, 6) is 0.293. The van der Waals surface area contributed by atoms with Gasteiger partial charge in [-0.25, -0.2) is 0 Å². The molecule has 1 aromatic carbocycles. The van der Waals surface area contributed by atoms with E-state index >= 15 is 0 Å². The van der Waals surface area contributed by atoms with Crippen LogP contribution in [0, 0.1) is 0 Å². The number of rotatable bonds is 3. The van der Waals surface area contributed by atoms with Gasteiger partial charge in [-0.05, 0) is 30.3 Å². The van der Waals surface area contributed by atoms with Gasteiger partial charge < -0.3 is 14.5 Å². The predicted octanol–water partition coefficient (Wildman–Crippen LogP) is 3.74. The van der Waals surface area contributed by atoms with Crippen molar-refractivity contribution in [1.82, 2.24) is 4.98 Å². The first-order valence-corrected chi connectivity index (χ1v) is 6.54. The summed E-state index contributed by atoms with van der Waals surface area (Å²) in [6.07, 6.45) is 1.64. The van der Waals surface area contributed by atoms with Crippen molar-refractivity contribution in [1.29, 1.82) is 0 Å². The molecule has 0 bridgehead atoms. The van der Waals surface area contributed by atoms with Crippen LogP contribution in [0.4, 0.5) is 5.69 Å². The van der Waals surface area contributed by atoms with Gasteiger partial charge in [-0.2, -0.15) is 0 Å². The molecule has 3 rings (SSSR count). The number of furan rings is 1. The van der Waals surface area contributed by atoms with Crippen LogP contribution in [0.15, 0.2) is 47.0 Å². The zero-order valence-electron chi connectivity index (χ0n) is 11.1. The molecule has 6 heteroatoms. The summed E-state index contributed by atoms with van der Waals surface area (Å²) >= 11 is 5.93. The van der Waals surface area contributed by atoms with Crippen molar-refractivity contribution in [3.63, 3.8) is 0 Å². The lowest BCUT2D eigenvalue weighted by atomic mass is 10.2. The molecule has 2 aromatic heterocycles. The van der Waals surface area contributed by atoms with E-state index in [4.69, 9.17) is 20.8 Å². The van der Waals surface area contributed by atoms with Crippen molar-refractivity contribution in [2.45, 2.75) is 0 Å². The maximum absolute atomic E-state index is 12.2. The van der Waals surface area contributed by atoms with Crippen LogP contribution in [0.5, 0.6) is 5.75 Å². The highest BCUT2D eigenvalue weighted by Gasteiger charge is 2.15. The average Bonchev–Trinajstić information content (AvgIpc) is 2.91. The van der Waals surface area contributed by atoms with Crippen LogP contribution in [0.25, 0.3) is 11.1 Å². The third-order valence-corrected chi connectivity index (χ3v) is 3.16. The van der Waals surface area contributed by atoms with Crippen LogP contribution in [-0.4, -0.2) is 18.0 Å². The van der Waals surface area contributed by atoms with E-state index in [0.29, 0.717) is 27.6 Å². The Morgan fingerprint density at radius 2 is 2.19 bits per heavy atom. The molecule has 0 aliphatic rings. The number of benzene rings is 1. The number of ether oxygens (including phenoxy) is 1. The van der Waals surface area contributed by atoms with E-state index in [1.54, 1.807) is 42.6 Å². The number of amides is 1. The molecule has 1 N–H and O–H groups in total. The van der Waals surface area contributed by atoms with Gasteiger partial charge in [-0.3, -0.25) is 9.78 Å². The summed E-state index contributed by atoms with van der Waals surface area (Å²) in [6, 6.07) is 10.0. The highest BCUT2D eigenvalue weighted by atomic mass is 35.5. The van der Waals surface area contributed by atoms with E-state index in [1.165, 1.54) is 7.11 Å². The minimum absolute atomic E-state index is 0.172. The molecule has 0 aliphatic carbocycles. The quantitative estimate of drug-likeness (QED) is 0.800. The second-order valence-corrected chi connectivity index (χ2v) is 4.73. The second kappa shape index (κ2) is 5.46. The van der Waals surface area contributed by atoms with E-state index in [-0.39, 0.29) is 5.76 Å². The Bertz CT molecular complexity index is 781. The number of nitrogens with zero attached hydrogens (tertiary/aromatic N) is 1. The van der Waals surface area contributed by atoms with Gasteiger partial charge >= 0.3 is 0 Å². The Morgan fingerprint density at radius 3 is 2.95 bits per heavy atom. The third-order valence-electron chi connectivity index (χ3n) is 2.92. The first-order valence-electron chi connectivity index (χ1n) is 6.17. The van der Waals surface area contributed by atoms with Crippen molar-refractivity contribution in [3.05, 3.63) is 53.4 Å². The zero-order chi connectivity index (χ0) is 14.8. The number of hydrogen-bond donors (Lipinski definition) is 1. The molecule has 0 atom stereocenters. The van der Waals surface area contributed by atoms with Crippen LogP contribution in [0.1, 0.15) is 10.6 Å². The number of nitrogens with one attached hydrogen (secondary N) is 1. The Labute approximate surface area is 125 Å². The number of fused-ring (bicyclic) bond motifs is 1. The molecule has 3 aromatic rings. The average molecular weight is 303 g/mol. The SMILES string of the molecule is COc1ccc(Cl)cc1NC(=O)c1cc2ncccc2o1. The van der Waals surface area contributed by atoms with Gasteiger partial charge in [0.05, 0.1) is 12.8 Å². The molecule has 0 saturated heterocycles. The predicted molar refractivity (Wildman–Crippen MR) is 80.0 cm³/mol. The van der Waals surface area contributed by atoms with Gasteiger partial charge in [-0.1, -0.05) is 11.6 Å². The standard InChI is InChI=1S/C15H11ClN2O3/c1-20-12-5-4-9(16)7-11(12)18-15(19)14-8-10-13(21-14)3-2-6-17-10/h2-8H,1H3,(H,18,19). The number of carbonyl (C=O) groups excluding carboxylic acids is 1. The van der Waals surface area contributed by atoms with E-state index in [9.17, 15) is 4.79 Å². The lowest BCUT2D eigenvalue weighted by Crippen LogP contribution is -2.11. The second-order valence-electron chi connectivity index (χ2n) is 4.30. The van der Waals surface area contributed by atoms with Crippen LogP contribution in [-0.2, 0) is 0 Å². The minimum Gasteiger partial charge on any atom is -0.495 e. The first kappa shape index (κ1) is 13.5. The fourth-order valence-corrected chi connectivity index (χ4v) is 2.12. The molecule has 2 heterocycles. The maximum Gasteiger partial charge on any atom is 0.291 e. The molecular weight excluding hydrogens is 292 g/mol. The minimum atomic E-state index is -0.395. The van der Waals surface area contributed by atoms with Crippen molar-refractivity contribution in [2.24, 2.45) is 0 Å². The van der Waals surface area contributed by atoms with Crippen molar-refractivity contribution >= 4 is 34.3 Å². The largest absolute Gasteiger partial charge is 0.495 e. The van der Waals surface area contributed by atoms with Crippen LogP contribution in [0.3, 0.4) is 0 Å². The number of aromatic nitrogens is 1. The fourth-order valence-electron chi connectivity index (χ4n) is 1.94. The molecule has 0 radical (unpaired) electrons. The van der Waals surface area contributed by atoms with Gasteiger partial charge in [-0.15, -0.1) is 0 Å². The molecular formula is C15H11ClN2O3. The Hall–Kier alpha value is -2.53. The smallest absolute Gasteiger partial charge is 0.291 e. The maximum atomic E-state index is 12.2. The van der Waals surface area contributed by atoms with E-state index in [2.05, 4.69) is 10.3 Å². The Morgan fingerprint density at radius 1 is 1.33 bits per heavy atom. The highest BCUT2D eigenvalue weighted by Crippen LogP contribution is 2.28. The number of halogens is 1. The van der Waals surface area contributed by atoms with Crippen LogP contribution >= 0.6 is 11.6 Å². The van der Waals surface area contributed by atoms with Crippen molar-refractivity contribution < 1.29 is 13.9 Å². The summed E-state index contributed by atoms with van der Waals surface area (Å²) < 4.78 is 10.6. The highest BCUT2D eigenvalue weighted by molar-refractivity contribution is 6.31. The van der Waals surface area contributed by atoms with E-state index in [1.807, 2.05) is 0 Å². The molecule has 5 nitrogen and oxygen atoms in total. The van der Waals surface area contributed by atoms with Gasteiger partial charge in [0.25, 0.3) is 5.91 Å². The number of methoxy groups -OCH3 is 1. The van der Waals surface area contributed by atoms with Gasteiger partial charge in [0.2, 0.25) is 0 Å².